The van der Waals surface area contributed by atoms with Crippen LogP contribution in [0, 0.1) is 5.92 Å². The molecule has 3 heterocycles. The van der Waals surface area contributed by atoms with Gasteiger partial charge in [-0.2, -0.15) is 11.8 Å². The van der Waals surface area contributed by atoms with E-state index in [0.717, 1.165) is 17.9 Å². The fraction of sp³-hybridized carbons (Fsp3) is 0.533. The molecule has 0 aliphatic carbocycles. The minimum Gasteiger partial charge on any atom is -0.473 e. The van der Waals surface area contributed by atoms with Crippen molar-refractivity contribution >= 4 is 23.6 Å². The van der Waals surface area contributed by atoms with Crippen molar-refractivity contribution in [1.29, 1.82) is 0 Å². The van der Waals surface area contributed by atoms with E-state index in [2.05, 4.69) is 9.72 Å². The minimum atomic E-state index is -0.262. The SMILES string of the molecule is COC(=O)C1CN(C(=O)c2ccnc(O[C@@H]3CCSC3)c2)C1. The standard InChI is InChI=1S/C15H18N2O4S/c1-20-15(19)11-7-17(8-11)14(18)10-2-4-16-13(6-10)21-12-3-5-22-9-12/h2,4,6,11-12H,3,5,7-9H2,1H3/t12-/m1/s1. The molecule has 7 heteroatoms. The number of carbonyl (C=O) groups is 2. The summed E-state index contributed by atoms with van der Waals surface area (Å²) in [5, 5.41) is 0. The monoisotopic (exact) mass is 322 g/mol. The third kappa shape index (κ3) is 3.19. The number of likely N-dealkylation sites (tertiary alicyclic amines) is 1. The summed E-state index contributed by atoms with van der Waals surface area (Å²) in [4.78, 5) is 29.5. The topological polar surface area (TPSA) is 68.7 Å². The number of esters is 1. The third-order valence-electron chi connectivity index (χ3n) is 3.86. The van der Waals surface area contributed by atoms with Crippen LogP contribution in [0.1, 0.15) is 16.8 Å². The molecule has 0 saturated carbocycles. The van der Waals surface area contributed by atoms with E-state index in [9.17, 15) is 9.59 Å². The molecule has 0 radical (unpaired) electrons. The lowest BCUT2D eigenvalue weighted by Gasteiger charge is -2.37. The van der Waals surface area contributed by atoms with E-state index in [0.29, 0.717) is 24.5 Å². The molecule has 1 aromatic rings. The highest BCUT2D eigenvalue weighted by atomic mass is 32.2. The van der Waals surface area contributed by atoms with Crippen molar-refractivity contribution in [3.63, 3.8) is 0 Å². The number of amides is 1. The maximum absolute atomic E-state index is 12.4. The summed E-state index contributed by atoms with van der Waals surface area (Å²) in [5.41, 5.74) is 0.541. The lowest BCUT2D eigenvalue weighted by Crippen LogP contribution is -2.53. The van der Waals surface area contributed by atoms with E-state index >= 15 is 0 Å². The van der Waals surface area contributed by atoms with Crippen LogP contribution >= 0.6 is 11.8 Å². The molecule has 2 aliphatic rings. The van der Waals surface area contributed by atoms with Gasteiger partial charge in [0.05, 0.1) is 13.0 Å². The molecule has 0 N–H and O–H groups in total. The molecule has 0 bridgehead atoms. The highest BCUT2D eigenvalue weighted by Gasteiger charge is 2.36. The van der Waals surface area contributed by atoms with Gasteiger partial charge in [-0.1, -0.05) is 0 Å². The molecule has 1 amide bonds. The number of aromatic nitrogens is 1. The van der Waals surface area contributed by atoms with Crippen molar-refractivity contribution in [2.24, 2.45) is 5.92 Å². The Morgan fingerprint density at radius 2 is 2.23 bits per heavy atom. The van der Waals surface area contributed by atoms with Crippen LogP contribution in [-0.2, 0) is 9.53 Å². The van der Waals surface area contributed by atoms with Crippen molar-refractivity contribution < 1.29 is 19.1 Å². The molecule has 0 spiro atoms. The normalized spacial score (nSPS) is 21.3. The Bertz CT molecular complexity index is 568. The molecular weight excluding hydrogens is 304 g/mol. The summed E-state index contributed by atoms with van der Waals surface area (Å²) in [6, 6.07) is 3.35. The molecule has 2 fully saturated rings. The first-order valence-corrected chi connectivity index (χ1v) is 8.40. The lowest BCUT2D eigenvalue weighted by molar-refractivity contribution is -0.149. The van der Waals surface area contributed by atoms with E-state index in [4.69, 9.17) is 4.74 Å². The van der Waals surface area contributed by atoms with Gasteiger partial charge in [-0.3, -0.25) is 9.59 Å². The molecule has 1 atom stereocenters. The Hall–Kier alpha value is -1.76. The first kappa shape index (κ1) is 15.1. The second-order valence-electron chi connectivity index (χ2n) is 5.42. The number of ether oxygens (including phenoxy) is 2. The minimum absolute atomic E-state index is 0.104. The maximum Gasteiger partial charge on any atom is 0.312 e. The van der Waals surface area contributed by atoms with Crippen LogP contribution in [0.25, 0.3) is 0 Å². The lowest BCUT2D eigenvalue weighted by atomic mass is 9.99. The summed E-state index contributed by atoms with van der Waals surface area (Å²) in [7, 11) is 1.36. The number of pyridine rings is 1. The zero-order valence-electron chi connectivity index (χ0n) is 12.4. The van der Waals surface area contributed by atoms with Crippen molar-refractivity contribution in [3.8, 4) is 5.88 Å². The van der Waals surface area contributed by atoms with Crippen molar-refractivity contribution in [2.45, 2.75) is 12.5 Å². The Kier molecular flexibility index (Phi) is 4.52. The average Bonchev–Trinajstić information content (AvgIpc) is 2.98. The molecule has 1 aromatic heterocycles. The van der Waals surface area contributed by atoms with Gasteiger partial charge in [-0.25, -0.2) is 4.98 Å². The molecular formula is C15H18N2O4S. The summed E-state index contributed by atoms with van der Waals surface area (Å²) in [5.74, 6) is 1.99. The number of carbonyl (C=O) groups excluding carboxylic acids is 2. The summed E-state index contributed by atoms with van der Waals surface area (Å²) < 4.78 is 10.5. The average molecular weight is 322 g/mol. The second kappa shape index (κ2) is 6.56. The maximum atomic E-state index is 12.4. The largest absolute Gasteiger partial charge is 0.473 e. The number of hydrogen-bond acceptors (Lipinski definition) is 6. The molecule has 0 aromatic carbocycles. The van der Waals surface area contributed by atoms with Crippen LogP contribution in [0.15, 0.2) is 18.3 Å². The predicted octanol–water partition coefficient (Wildman–Crippen LogP) is 1.21. The van der Waals surface area contributed by atoms with E-state index in [1.165, 1.54) is 7.11 Å². The highest BCUT2D eigenvalue weighted by Crippen LogP contribution is 2.24. The smallest absolute Gasteiger partial charge is 0.312 e. The first-order chi connectivity index (χ1) is 10.7. The van der Waals surface area contributed by atoms with E-state index in [1.54, 1.807) is 23.2 Å². The molecule has 2 aliphatic heterocycles. The number of thioether (sulfide) groups is 1. The first-order valence-electron chi connectivity index (χ1n) is 7.25. The zero-order valence-corrected chi connectivity index (χ0v) is 13.2. The van der Waals surface area contributed by atoms with Gasteiger partial charge < -0.3 is 14.4 Å². The predicted molar refractivity (Wildman–Crippen MR) is 82.0 cm³/mol. The summed E-state index contributed by atoms with van der Waals surface area (Å²) in [6.45, 7) is 0.812. The number of nitrogens with zero attached hydrogens (tertiary/aromatic N) is 2. The number of methoxy groups -OCH3 is 1. The van der Waals surface area contributed by atoms with Crippen LogP contribution in [0.4, 0.5) is 0 Å². The zero-order chi connectivity index (χ0) is 15.5. The summed E-state index contributed by atoms with van der Waals surface area (Å²) >= 11 is 1.86. The van der Waals surface area contributed by atoms with Crippen LogP contribution in [0.5, 0.6) is 5.88 Å². The van der Waals surface area contributed by atoms with Gasteiger partial charge in [-0.15, -0.1) is 0 Å². The molecule has 3 rings (SSSR count). The Labute approximate surface area is 133 Å². The molecule has 118 valence electrons. The van der Waals surface area contributed by atoms with E-state index in [1.807, 2.05) is 11.8 Å². The van der Waals surface area contributed by atoms with Gasteiger partial charge in [0.2, 0.25) is 5.88 Å². The molecule has 0 unspecified atom stereocenters. The molecule has 22 heavy (non-hydrogen) atoms. The van der Waals surface area contributed by atoms with Crippen molar-refractivity contribution in [1.82, 2.24) is 9.88 Å². The van der Waals surface area contributed by atoms with Crippen LogP contribution in [0.2, 0.25) is 0 Å². The summed E-state index contributed by atoms with van der Waals surface area (Å²) in [6.07, 6.45) is 2.77. The Morgan fingerprint density at radius 3 is 2.91 bits per heavy atom. The van der Waals surface area contributed by atoms with Gasteiger partial charge in [-0.05, 0) is 18.2 Å². The third-order valence-corrected chi connectivity index (χ3v) is 4.99. The van der Waals surface area contributed by atoms with E-state index in [-0.39, 0.29) is 23.9 Å². The van der Waals surface area contributed by atoms with Crippen molar-refractivity contribution in [2.75, 3.05) is 31.7 Å². The van der Waals surface area contributed by atoms with Gasteiger partial charge in [0, 0.05) is 36.7 Å². The van der Waals surface area contributed by atoms with Gasteiger partial charge in [0.15, 0.2) is 0 Å². The molecule has 2 saturated heterocycles. The van der Waals surface area contributed by atoms with Crippen molar-refractivity contribution in [3.05, 3.63) is 23.9 Å². The fourth-order valence-corrected chi connectivity index (χ4v) is 3.62. The number of rotatable bonds is 4. The van der Waals surface area contributed by atoms with Gasteiger partial charge in [0.1, 0.15) is 6.10 Å². The Balaban J connectivity index is 1.60. The fourth-order valence-electron chi connectivity index (χ4n) is 2.53. The Morgan fingerprint density at radius 1 is 1.41 bits per heavy atom. The van der Waals surface area contributed by atoms with E-state index < -0.39 is 0 Å². The van der Waals surface area contributed by atoms with Crippen LogP contribution in [-0.4, -0.2) is 59.6 Å². The number of hydrogen-bond donors (Lipinski definition) is 0. The second-order valence-corrected chi connectivity index (χ2v) is 6.57. The van der Waals surface area contributed by atoms with Crippen LogP contribution in [0.3, 0.4) is 0 Å². The van der Waals surface area contributed by atoms with Gasteiger partial charge in [0.25, 0.3) is 5.91 Å². The highest BCUT2D eigenvalue weighted by molar-refractivity contribution is 7.99. The molecule has 6 nitrogen and oxygen atoms in total. The van der Waals surface area contributed by atoms with Crippen LogP contribution < -0.4 is 4.74 Å². The van der Waals surface area contributed by atoms with Gasteiger partial charge >= 0.3 is 5.97 Å². The quantitative estimate of drug-likeness (QED) is 0.776.